The molecule has 2 atom stereocenters. The number of rotatable bonds is 6. The first-order valence-corrected chi connectivity index (χ1v) is 7.31. The van der Waals surface area contributed by atoms with E-state index >= 15 is 0 Å². The minimum absolute atomic E-state index is 0.0836. The molecule has 2 rings (SSSR count). The number of nitrogens with one attached hydrogen (secondary N) is 1. The van der Waals surface area contributed by atoms with Crippen molar-refractivity contribution in [3.63, 3.8) is 0 Å². The van der Waals surface area contributed by atoms with Gasteiger partial charge < -0.3 is 15.3 Å². The van der Waals surface area contributed by atoms with E-state index in [1.54, 1.807) is 0 Å². The van der Waals surface area contributed by atoms with Crippen LogP contribution in [0.5, 0.6) is 0 Å². The highest BCUT2D eigenvalue weighted by Crippen LogP contribution is 2.30. The number of aliphatic hydroxyl groups is 1. The topological polar surface area (TPSA) is 35.5 Å². The molecule has 0 aliphatic heterocycles. The third-order valence-corrected chi connectivity index (χ3v) is 3.83. The van der Waals surface area contributed by atoms with Crippen molar-refractivity contribution < 1.29 is 5.11 Å². The fourth-order valence-corrected chi connectivity index (χ4v) is 2.78. The number of para-hydroxylation sites is 1. The summed E-state index contributed by atoms with van der Waals surface area (Å²) in [4.78, 5) is 2.16. The van der Waals surface area contributed by atoms with Gasteiger partial charge in [-0.3, -0.25) is 0 Å². The highest BCUT2D eigenvalue weighted by molar-refractivity contribution is 5.54. The predicted octanol–water partition coefficient (Wildman–Crippen LogP) is 2.75. The number of likely N-dealkylation sites (N-methyl/N-ethyl adjacent to an activating group) is 2. The van der Waals surface area contributed by atoms with Crippen LogP contribution in [0.1, 0.15) is 17.2 Å². The smallest absolute Gasteiger partial charge is 0.0909 e. The zero-order valence-corrected chi connectivity index (χ0v) is 13.0. The molecule has 2 aromatic rings. The van der Waals surface area contributed by atoms with Crippen LogP contribution in [0, 0.1) is 6.92 Å². The molecule has 112 valence electrons. The zero-order chi connectivity index (χ0) is 15.2. The summed E-state index contributed by atoms with van der Waals surface area (Å²) >= 11 is 0. The van der Waals surface area contributed by atoms with Crippen molar-refractivity contribution in [1.29, 1.82) is 0 Å². The summed E-state index contributed by atoms with van der Waals surface area (Å²) in [5, 5.41) is 13.6. The minimum atomic E-state index is -0.484. The number of aliphatic hydroxyl groups excluding tert-OH is 1. The number of anilines is 1. The molecule has 0 saturated heterocycles. The SMILES string of the molecule is CNCC(O)C(c1ccccc1)N(C)c1ccccc1C. The molecular weight excluding hydrogens is 260 g/mol. The summed E-state index contributed by atoms with van der Waals surface area (Å²) < 4.78 is 0. The summed E-state index contributed by atoms with van der Waals surface area (Å²) in [5.41, 5.74) is 3.46. The molecular formula is C18H24N2O. The quantitative estimate of drug-likeness (QED) is 0.856. The molecule has 0 radical (unpaired) electrons. The van der Waals surface area contributed by atoms with E-state index in [-0.39, 0.29) is 6.04 Å². The third kappa shape index (κ3) is 3.63. The molecule has 2 N–H and O–H groups in total. The minimum Gasteiger partial charge on any atom is -0.389 e. The van der Waals surface area contributed by atoms with Crippen molar-refractivity contribution in [2.24, 2.45) is 0 Å². The van der Waals surface area contributed by atoms with Crippen LogP contribution in [-0.2, 0) is 0 Å². The van der Waals surface area contributed by atoms with E-state index < -0.39 is 6.10 Å². The molecule has 0 aliphatic carbocycles. The fourth-order valence-electron chi connectivity index (χ4n) is 2.78. The van der Waals surface area contributed by atoms with E-state index in [1.165, 1.54) is 5.56 Å². The Morgan fingerprint density at radius 2 is 1.67 bits per heavy atom. The Bertz CT molecular complexity index is 556. The summed E-state index contributed by atoms with van der Waals surface area (Å²) in [7, 11) is 3.90. The van der Waals surface area contributed by atoms with Crippen LogP contribution in [-0.4, -0.2) is 31.9 Å². The van der Waals surface area contributed by atoms with Gasteiger partial charge in [0.05, 0.1) is 12.1 Å². The highest BCUT2D eigenvalue weighted by atomic mass is 16.3. The van der Waals surface area contributed by atoms with Gasteiger partial charge in [0.15, 0.2) is 0 Å². The van der Waals surface area contributed by atoms with E-state index in [2.05, 4.69) is 41.4 Å². The maximum absolute atomic E-state index is 10.6. The van der Waals surface area contributed by atoms with Crippen molar-refractivity contribution in [1.82, 2.24) is 5.32 Å². The zero-order valence-electron chi connectivity index (χ0n) is 13.0. The number of benzene rings is 2. The summed E-state index contributed by atoms with van der Waals surface area (Å²) in [5.74, 6) is 0. The molecule has 3 nitrogen and oxygen atoms in total. The van der Waals surface area contributed by atoms with Crippen LogP contribution in [0.3, 0.4) is 0 Å². The maximum atomic E-state index is 10.6. The van der Waals surface area contributed by atoms with E-state index in [1.807, 2.05) is 44.4 Å². The molecule has 3 heteroatoms. The number of hydrogen-bond donors (Lipinski definition) is 2. The Morgan fingerprint density at radius 3 is 2.29 bits per heavy atom. The molecule has 0 saturated carbocycles. The first kappa shape index (κ1) is 15.5. The lowest BCUT2D eigenvalue weighted by Crippen LogP contribution is -2.39. The average molecular weight is 284 g/mol. The molecule has 2 aromatic carbocycles. The lowest BCUT2D eigenvalue weighted by Gasteiger charge is -2.35. The summed E-state index contributed by atoms with van der Waals surface area (Å²) in [6, 6.07) is 18.3. The highest BCUT2D eigenvalue weighted by Gasteiger charge is 2.25. The Hall–Kier alpha value is -1.84. The van der Waals surface area contributed by atoms with Gasteiger partial charge in [0.25, 0.3) is 0 Å². The van der Waals surface area contributed by atoms with Crippen LogP contribution >= 0.6 is 0 Å². The van der Waals surface area contributed by atoms with Gasteiger partial charge in [-0.1, -0.05) is 48.5 Å². The van der Waals surface area contributed by atoms with Gasteiger partial charge in [0.2, 0.25) is 0 Å². The standard InChI is InChI=1S/C18H24N2O/c1-14-9-7-8-12-16(14)20(3)18(17(21)13-19-2)15-10-5-4-6-11-15/h4-12,17-19,21H,13H2,1-3H3. The van der Waals surface area contributed by atoms with Crippen molar-refractivity contribution in [3.8, 4) is 0 Å². The van der Waals surface area contributed by atoms with Gasteiger partial charge in [-0.2, -0.15) is 0 Å². The van der Waals surface area contributed by atoms with Crippen molar-refractivity contribution >= 4 is 5.69 Å². The molecule has 0 amide bonds. The van der Waals surface area contributed by atoms with Crippen LogP contribution in [0.15, 0.2) is 54.6 Å². The van der Waals surface area contributed by atoms with Crippen molar-refractivity contribution in [3.05, 3.63) is 65.7 Å². The first-order chi connectivity index (χ1) is 10.1. The average Bonchev–Trinajstić information content (AvgIpc) is 2.49. The fraction of sp³-hybridized carbons (Fsp3) is 0.333. The maximum Gasteiger partial charge on any atom is 0.0909 e. The van der Waals surface area contributed by atoms with Gasteiger partial charge in [0, 0.05) is 19.3 Å². The van der Waals surface area contributed by atoms with Gasteiger partial charge in [-0.15, -0.1) is 0 Å². The van der Waals surface area contributed by atoms with Crippen molar-refractivity contribution in [2.75, 3.05) is 25.5 Å². The number of hydrogen-bond acceptors (Lipinski definition) is 3. The Labute approximate surface area is 127 Å². The number of nitrogens with zero attached hydrogens (tertiary/aromatic N) is 1. The van der Waals surface area contributed by atoms with Gasteiger partial charge in [0.1, 0.15) is 0 Å². The van der Waals surface area contributed by atoms with Crippen LogP contribution in [0.25, 0.3) is 0 Å². The van der Waals surface area contributed by atoms with Crippen molar-refractivity contribution in [2.45, 2.75) is 19.1 Å². The van der Waals surface area contributed by atoms with Crippen LogP contribution in [0.4, 0.5) is 5.69 Å². The van der Waals surface area contributed by atoms with E-state index in [0.717, 1.165) is 11.3 Å². The Kier molecular flexibility index (Phi) is 5.37. The van der Waals surface area contributed by atoms with Crippen LogP contribution < -0.4 is 10.2 Å². The Morgan fingerprint density at radius 1 is 1.05 bits per heavy atom. The molecule has 0 spiro atoms. The van der Waals surface area contributed by atoms with E-state index in [0.29, 0.717) is 6.54 Å². The summed E-state index contributed by atoms with van der Waals surface area (Å²) in [6.07, 6.45) is -0.484. The largest absolute Gasteiger partial charge is 0.389 e. The lowest BCUT2D eigenvalue weighted by molar-refractivity contribution is 0.142. The normalized spacial score (nSPS) is 13.7. The molecule has 0 fully saturated rings. The first-order valence-electron chi connectivity index (χ1n) is 7.31. The predicted molar refractivity (Wildman–Crippen MR) is 88.7 cm³/mol. The van der Waals surface area contributed by atoms with Gasteiger partial charge >= 0.3 is 0 Å². The second-order valence-electron chi connectivity index (χ2n) is 5.38. The molecule has 21 heavy (non-hydrogen) atoms. The van der Waals surface area contributed by atoms with E-state index in [9.17, 15) is 5.11 Å². The van der Waals surface area contributed by atoms with Crippen LogP contribution in [0.2, 0.25) is 0 Å². The van der Waals surface area contributed by atoms with E-state index in [4.69, 9.17) is 0 Å². The molecule has 2 unspecified atom stereocenters. The Balaban J connectivity index is 2.38. The van der Waals surface area contributed by atoms with Gasteiger partial charge in [-0.25, -0.2) is 0 Å². The molecule has 0 aromatic heterocycles. The molecule has 0 bridgehead atoms. The second kappa shape index (κ2) is 7.25. The summed E-state index contributed by atoms with van der Waals surface area (Å²) in [6.45, 7) is 2.65. The molecule has 0 heterocycles. The number of aryl methyl sites for hydroxylation is 1. The second-order valence-corrected chi connectivity index (χ2v) is 5.38. The monoisotopic (exact) mass is 284 g/mol. The third-order valence-electron chi connectivity index (χ3n) is 3.83. The van der Waals surface area contributed by atoms with Gasteiger partial charge in [-0.05, 0) is 31.2 Å². The lowest BCUT2D eigenvalue weighted by atomic mass is 9.98. The molecule has 0 aliphatic rings.